The number of phenols is 2. The zero-order valence-corrected chi connectivity index (χ0v) is 38.6. The third-order valence-corrected chi connectivity index (χ3v) is 13.3. The summed E-state index contributed by atoms with van der Waals surface area (Å²) in [4.78, 5) is 26.7. The number of hydrogen-bond acceptors (Lipinski definition) is 10. The van der Waals surface area contributed by atoms with Gasteiger partial charge in [-0.25, -0.2) is 0 Å². The van der Waals surface area contributed by atoms with Crippen molar-refractivity contribution in [2.45, 2.75) is 180 Å². The van der Waals surface area contributed by atoms with Crippen LogP contribution in [0.2, 0.25) is 0 Å². The van der Waals surface area contributed by atoms with Gasteiger partial charge in [-0.2, -0.15) is 0 Å². The molecule has 2 aliphatic rings. The number of aliphatic hydroxyl groups is 1. The van der Waals surface area contributed by atoms with E-state index in [0.29, 0.717) is 69.4 Å². The molecule has 0 heterocycles. The summed E-state index contributed by atoms with van der Waals surface area (Å²) in [6.07, 6.45) is 25.6. The minimum absolute atomic E-state index is 0.0710. The van der Waals surface area contributed by atoms with Crippen molar-refractivity contribution in [3.8, 4) is 23.0 Å². The number of ether oxygens (including phenoxy) is 4. The van der Waals surface area contributed by atoms with Crippen molar-refractivity contribution in [2.75, 3.05) is 52.7 Å². The lowest BCUT2D eigenvalue weighted by atomic mass is 9.77. The fourth-order valence-corrected chi connectivity index (χ4v) is 9.37. The Kier molecular flexibility index (Phi) is 25.2. The van der Waals surface area contributed by atoms with Gasteiger partial charge in [0.25, 0.3) is 0 Å². The second kappa shape index (κ2) is 30.6. The van der Waals surface area contributed by atoms with Crippen molar-refractivity contribution in [3.63, 3.8) is 0 Å². The molecule has 2 fully saturated rings. The SMILES string of the molecule is CCCCCC1CCC(c2ccc(OCCCCCOC(=O)CCN(CCO)CCC(=O)OCCCCCOc3ccc(C4CCC(CCCCC)CC4)cc3O)c(O)c2)CC1. The van der Waals surface area contributed by atoms with E-state index in [-0.39, 0.29) is 42.9 Å². The summed E-state index contributed by atoms with van der Waals surface area (Å²) in [5, 5.41) is 30.8. The molecule has 4 rings (SSSR count). The van der Waals surface area contributed by atoms with Crippen molar-refractivity contribution in [1.29, 1.82) is 0 Å². The third kappa shape index (κ3) is 19.9. The second-order valence-electron chi connectivity index (χ2n) is 18.2. The predicted octanol–water partition coefficient (Wildman–Crippen LogP) is 11.8. The van der Waals surface area contributed by atoms with Crippen LogP contribution in [0.3, 0.4) is 0 Å². The van der Waals surface area contributed by atoms with E-state index >= 15 is 0 Å². The van der Waals surface area contributed by atoms with Gasteiger partial charge in [-0.05, 0) is 149 Å². The molecule has 0 atom stereocenters. The highest BCUT2D eigenvalue weighted by Gasteiger charge is 2.24. The van der Waals surface area contributed by atoms with E-state index in [0.717, 1.165) is 50.4 Å². The average Bonchev–Trinajstić information content (AvgIpc) is 3.28. The van der Waals surface area contributed by atoms with Crippen molar-refractivity contribution < 1.29 is 43.9 Å². The zero-order chi connectivity index (χ0) is 44.2. The summed E-state index contributed by atoms with van der Waals surface area (Å²) in [7, 11) is 0. The first-order valence-electron chi connectivity index (χ1n) is 24.8. The van der Waals surface area contributed by atoms with E-state index in [1.165, 1.54) is 114 Å². The molecule has 2 aromatic rings. The van der Waals surface area contributed by atoms with Crippen molar-refractivity contribution >= 4 is 11.9 Å². The summed E-state index contributed by atoms with van der Waals surface area (Å²) in [5.74, 6) is 3.62. The maximum Gasteiger partial charge on any atom is 0.307 e. The van der Waals surface area contributed by atoms with Crippen LogP contribution in [0.15, 0.2) is 36.4 Å². The molecule has 0 spiro atoms. The number of benzene rings is 2. The molecule has 3 N–H and O–H groups in total. The normalized spacial score (nSPS) is 19.0. The number of unbranched alkanes of at least 4 members (excludes halogenated alkanes) is 8. The number of carbonyl (C=O) groups is 2. The van der Waals surface area contributed by atoms with Crippen LogP contribution in [0.1, 0.15) is 191 Å². The highest BCUT2D eigenvalue weighted by Crippen LogP contribution is 2.41. The third-order valence-electron chi connectivity index (χ3n) is 13.3. The van der Waals surface area contributed by atoms with Gasteiger partial charge < -0.3 is 34.3 Å². The fourth-order valence-electron chi connectivity index (χ4n) is 9.37. The molecule has 2 saturated carbocycles. The first-order valence-corrected chi connectivity index (χ1v) is 24.8. The lowest BCUT2D eigenvalue weighted by Gasteiger charge is -2.29. The highest BCUT2D eigenvalue weighted by molar-refractivity contribution is 5.70. The number of carbonyl (C=O) groups excluding carboxylic acids is 2. The van der Waals surface area contributed by atoms with Gasteiger partial charge in [0.2, 0.25) is 0 Å². The highest BCUT2D eigenvalue weighted by atomic mass is 16.5. The minimum Gasteiger partial charge on any atom is -0.504 e. The van der Waals surface area contributed by atoms with Gasteiger partial charge in [0.15, 0.2) is 23.0 Å². The van der Waals surface area contributed by atoms with Gasteiger partial charge in [0.05, 0.1) is 45.9 Å². The van der Waals surface area contributed by atoms with Crippen LogP contribution in [0.25, 0.3) is 0 Å². The number of esters is 2. The molecule has 0 aromatic heterocycles. The second-order valence-corrected chi connectivity index (χ2v) is 18.2. The standard InChI is InChI=1S/C52H83NO9/c1-3-5-9-15-41-17-21-43(22-18-41)45-25-27-49(47(55)39-45)59-35-11-7-13-37-61-51(57)29-31-53(33-34-54)32-30-52(58)62-38-14-8-12-36-60-50-28-26-46(40-48(50)56)44-23-19-42(20-24-44)16-10-6-4-2/h25-28,39-44,54-56H,3-24,29-38H2,1-2H3. The quantitative estimate of drug-likeness (QED) is 0.0482. The lowest BCUT2D eigenvalue weighted by molar-refractivity contribution is -0.144. The topological polar surface area (TPSA) is 135 Å². The fraction of sp³-hybridized carbons (Fsp3) is 0.731. The van der Waals surface area contributed by atoms with Gasteiger partial charge in [-0.1, -0.05) is 77.3 Å². The van der Waals surface area contributed by atoms with E-state index in [1.54, 1.807) is 0 Å². The zero-order valence-electron chi connectivity index (χ0n) is 38.6. The first kappa shape index (κ1) is 51.1. The summed E-state index contributed by atoms with van der Waals surface area (Å²) in [6, 6.07) is 11.8. The Hall–Kier alpha value is -3.50. The number of aromatic hydroxyl groups is 2. The van der Waals surface area contributed by atoms with E-state index < -0.39 is 0 Å². The Morgan fingerprint density at radius 2 is 0.968 bits per heavy atom. The van der Waals surface area contributed by atoms with Crippen molar-refractivity contribution in [3.05, 3.63) is 47.5 Å². The van der Waals surface area contributed by atoms with Crippen LogP contribution >= 0.6 is 0 Å². The monoisotopic (exact) mass is 866 g/mol. The summed E-state index contributed by atoms with van der Waals surface area (Å²) >= 11 is 0. The Balaban J connectivity index is 0.968. The Bertz CT molecular complexity index is 1410. The van der Waals surface area contributed by atoms with Crippen LogP contribution in [-0.4, -0.2) is 84.8 Å². The van der Waals surface area contributed by atoms with Crippen LogP contribution in [0, 0.1) is 11.8 Å². The molecule has 0 saturated heterocycles. The number of phenolic OH excluding ortho intramolecular Hbond substituents is 2. The molecule has 0 aliphatic heterocycles. The molecule has 0 bridgehead atoms. The molecule has 0 unspecified atom stereocenters. The van der Waals surface area contributed by atoms with Gasteiger partial charge in [0.1, 0.15) is 0 Å². The van der Waals surface area contributed by atoms with Gasteiger partial charge in [0, 0.05) is 19.6 Å². The molecule has 62 heavy (non-hydrogen) atoms. The minimum atomic E-state index is -0.302. The number of aliphatic hydroxyl groups excluding tert-OH is 1. The van der Waals surface area contributed by atoms with Crippen LogP contribution in [-0.2, 0) is 19.1 Å². The van der Waals surface area contributed by atoms with Crippen LogP contribution < -0.4 is 9.47 Å². The summed E-state index contributed by atoms with van der Waals surface area (Å²) < 4.78 is 22.6. The molecule has 2 aromatic carbocycles. The van der Waals surface area contributed by atoms with E-state index in [9.17, 15) is 24.9 Å². The molecule has 0 radical (unpaired) electrons. The largest absolute Gasteiger partial charge is 0.504 e. The molecule has 10 nitrogen and oxygen atoms in total. The molecule has 2 aliphatic carbocycles. The maximum absolute atomic E-state index is 12.4. The number of hydrogen-bond donors (Lipinski definition) is 3. The van der Waals surface area contributed by atoms with E-state index in [1.807, 2.05) is 29.2 Å². The average molecular weight is 866 g/mol. The van der Waals surface area contributed by atoms with Crippen molar-refractivity contribution in [2.24, 2.45) is 11.8 Å². The molecular formula is C52H83NO9. The van der Waals surface area contributed by atoms with E-state index in [2.05, 4.69) is 26.0 Å². The Morgan fingerprint density at radius 3 is 1.35 bits per heavy atom. The van der Waals surface area contributed by atoms with Gasteiger partial charge in [-0.3, -0.25) is 14.5 Å². The first-order chi connectivity index (χ1) is 30.3. The van der Waals surface area contributed by atoms with Gasteiger partial charge in [-0.15, -0.1) is 0 Å². The van der Waals surface area contributed by atoms with Crippen LogP contribution in [0.5, 0.6) is 23.0 Å². The summed E-state index contributed by atoms with van der Waals surface area (Å²) in [6.45, 7) is 7.21. The predicted molar refractivity (Wildman–Crippen MR) is 247 cm³/mol. The lowest BCUT2D eigenvalue weighted by Crippen LogP contribution is -2.32. The molecule has 10 heteroatoms. The number of nitrogens with zero attached hydrogens (tertiary/aromatic N) is 1. The smallest absolute Gasteiger partial charge is 0.307 e. The summed E-state index contributed by atoms with van der Waals surface area (Å²) in [5.41, 5.74) is 2.43. The van der Waals surface area contributed by atoms with E-state index in [4.69, 9.17) is 18.9 Å². The Labute approximate surface area is 374 Å². The number of rotatable bonds is 32. The van der Waals surface area contributed by atoms with Crippen molar-refractivity contribution in [1.82, 2.24) is 4.90 Å². The maximum atomic E-state index is 12.4. The van der Waals surface area contributed by atoms with Crippen LogP contribution in [0.4, 0.5) is 0 Å². The molecular weight excluding hydrogens is 783 g/mol. The van der Waals surface area contributed by atoms with Gasteiger partial charge >= 0.3 is 11.9 Å². The molecule has 0 amide bonds. The molecule has 350 valence electrons. The Morgan fingerprint density at radius 1 is 0.548 bits per heavy atom.